The lowest BCUT2D eigenvalue weighted by Crippen LogP contribution is -2.15. The van der Waals surface area contributed by atoms with Gasteiger partial charge in [-0.25, -0.2) is 4.39 Å². The molecule has 2 aromatic carbocycles. The summed E-state index contributed by atoms with van der Waals surface area (Å²) in [6.07, 6.45) is 2.58. The van der Waals surface area contributed by atoms with Crippen molar-refractivity contribution in [1.29, 1.82) is 0 Å². The topological polar surface area (TPSA) is 21.3 Å². The second-order valence-corrected chi connectivity index (χ2v) is 5.77. The van der Waals surface area contributed by atoms with Crippen LogP contribution in [0.3, 0.4) is 0 Å². The van der Waals surface area contributed by atoms with E-state index < -0.39 is 0 Å². The number of hydrogen-bond acceptors (Lipinski definition) is 2. The van der Waals surface area contributed by atoms with Gasteiger partial charge in [-0.05, 0) is 55.5 Å². The summed E-state index contributed by atoms with van der Waals surface area (Å²) in [6, 6.07) is 11.5. The zero-order valence-electron chi connectivity index (χ0n) is 12.4. The van der Waals surface area contributed by atoms with Gasteiger partial charge in [0, 0.05) is 18.7 Å². The normalized spacial score (nSPS) is 14.2. The first-order valence-electron chi connectivity index (χ1n) is 7.39. The Morgan fingerprint density at radius 1 is 1.05 bits per heavy atom. The monoisotopic (exact) mass is 285 g/mol. The van der Waals surface area contributed by atoms with Crippen molar-refractivity contribution in [1.82, 2.24) is 5.32 Å². The molecule has 0 amide bonds. The molecule has 3 rings (SSSR count). The standard InChI is InChI=1S/C18H20FNO/c1-12-3-5-15(19)10-18(12)21-17-8-4-14(9-13(17)2)11-20-16-6-7-16/h3-5,8-10,16,20H,6-7,11H2,1-2H3. The smallest absolute Gasteiger partial charge is 0.133 e. The minimum absolute atomic E-state index is 0.279. The van der Waals surface area contributed by atoms with Gasteiger partial charge < -0.3 is 10.1 Å². The Morgan fingerprint density at radius 3 is 2.57 bits per heavy atom. The molecule has 3 heteroatoms. The number of halogens is 1. The average molecular weight is 285 g/mol. The van der Waals surface area contributed by atoms with Crippen molar-refractivity contribution < 1.29 is 9.13 Å². The summed E-state index contributed by atoms with van der Waals surface area (Å²) in [5.74, 6) is 1.07. The molecule has 1 fully saturated rings. The molecule has 0 bridgehead atoms. The van der Waals surface area contributed by atoms with Crippen LogP contribution in [0, 0.1) is 19.7 Å². The fourth-order valence-corrected chi connectivity index (χ4v) is 2.29. The molecule has 0 saturated heterocycles. The molecule has 0 aromatic heterocycles. The van der Waals surface area contributed by atoms with E-state index in [1.54, 1.807) is 6.07 Å². The molecule has 0 atom stereocenters. The number of ether oxygens (including phenoxy) is 1. The predicted molar refractivity (Wildman–Crippen MR) is 82.3 cm³/mol. The molecule has 1 aliphatic rings. The van der Waals surface area contributed by atoms with E-state index in [-0.39, 0.29) is 5.82 Å². The van der Waals surface area contributed by atoms with E-state index in [2.05, 4.69) is 17.4 Å². The highest BCUT2D eigenvalue weighted by atomic mass is 19.1. The van der Waals surface area contributed by atoms with E-state index in [0.29, 0.717) is 11.8 Å². The van der Waals surface area contributed by atoms with Gasteiger partial charge >= 0.3 is 0 Å². The number of nitrogens with one attached hydrogen (secondary N) is 1. The highest BCUT2D eigenvalue weighted by Crippen LogP contribution is 2.29. The van der Waals surface area contributed by atoms with E-state index in [0.717, 1.165) is 23.4 Å². The minimum Gasteiger partial charge on any atom is -0.457 e. The Kier molecular flexibility index (Phi) is 3.93. The van der Waals surface area contributed by atoms with E-state index in [1.165, 1.54) is 30.5 Å². The maximum Gasteiger partial charge on any atom is 0.133 e. The third kappa shape index (κ3) is 3.61. The average Bonchev–Trinajstić information content (AvgIpc) is 3.27. The summed E-state index contributed by atoms with van der Waals surface area (Å²) in [6.45, 7) is 4.83. The van der Waals surface area contributed by atoms with Gasteiger partial charge in [0.15, 0.2) is 0 Å². The van der Waals surface area contributed by atoms with Gasteiger partial charge in [0.1, 0.15) is 17.3 Å². The minimum atomic E-state index is -0.279. The fraction of sp³-hybridized carbons (Fsp3) is 0.333. The Bertz CT molecular complexity index is 650. The van der Waals surface area contributed by atoms with E-state index in [4.69, 9.17) is 4.74 Å². The van der Waals surface area contributed by atoms with E-state index in [9.17, 15) is 4.39 Å². The van der Waals surface area contributed by atoms with Crippen molar-refractivity contribution in [3.63, 3.8) is 0 Å². The van der Waals surface area contributed by atoms with Crippen LogP contribution in [0.4, 0.5) is 4.39 Å². The van der Waals surface area contributed by atoms with E-state index >= 15 is 0 Å². The zero-order chi connectivity index (χ0) is 14.8. The number of benzene rings is 2. The molecule has 1 saturated carbocycles. The van der Waals surface area contributed by atoms with Crippen LogP contribution in [0.25, 0.3) is 0 Å². The summed E-state index contributed by atoms with van der Waals surface area (Å²) >= 11 is 0. The van der Waals surface area contributed by atoms with Crippen molar-refractivity contribution in [3.8, 4) is 11.5 Å². The van der Waals surface area contributed by atoms with Gasteiger partial charge in [-0.15, -0.1) is 0 Å². The molecule has 2 nitrogen and oxygen atoms in total. The molecule has 0 heterocycles. The molecule has 0 radical (unpaired) electrons. The lowest BCUT2D eigenvalue weighted by Gasteiger charge is -2.12. The van der Waals surface area contributed by atoms with Crippen LogP contribution in [0.15, 0.2) is 36.4 Å². The molecule has 2 aromatic rings. The Hall–Kier alpha value is -1.87. The summed E-state index contributed by atoms with van der Waals surface area (Å²) < 4.78 is 19.2. The third-order valence-corrected chi connectivity index (χ3v) is 3.78. The van der Waals surface area contributed by atoms with Gasteiger partial charge in [-0.1, -0.05) is 18.2 Å². The third-order valence-electron chi connectivity index (χ3n) is 3.78. The lowest BCUT2D eigenvalue weighted by molar-refractivity contribution is 0.469. The Morgan fingerprint density at radius 2 is 1.86 bits per heavy atom. The second kappa shape index (κ2) is 5.86. The molecule has 0 spiro atoms. The van der Waals surface area contributed by atoms with Crippen LogP contribution in [-0.2, 0) is 6.54 Å². The quantitative estimate of drug-likeness (QED) is 0.874. The molecular weight excluding hydrogens is 265 g/mol. The van der Waals surface area contributed by atoms with Gasteiger partial charge in [-0.2, -0.15) is 0 Å². The Balaban J connectivity index is 1.74. The predicted octanol–water partition coefficient (Wildman–Crippen LogP) is 4.49. The van der Waals surface area contributed by atoms with Gasteiger partial charge in [0.25, 0.3) is 0 Å². The largest absolute Gasteiger partial charge is 0.457 e. The van der Waals surface area contributed by atoms with Crippen LogP contribution in [0.5, 0.6) is 11.5 Å². The molecule has 1 aliphatic carbocycles. The van der Waals surface area contributed by atoms with Gasteiger partial charge in [0.2, 0.25) is 0 Å². The van der Waals surface area contributed by atoms with Crippen molar-refractivity contribution in [2.24, 2.45) is 0 Å². The summed E-state index contributed by atoms with van der Waals surface area (Å²) in [5, 5.41) is 3.50. The molecular formula is C18H20FNO. The van der Waals surface area contributed by atoms with Gasteiger partial charge in [0.05, 0.1) is 0 Å². The zero-order valence-corrected chi connectivity index (χ0v) is 12.4. The van der Waals surface area contributed by atoms with Crippen LogP contribution in [-0.4, -0.2) is 6.04 Å². The summed E-state index contributed by atoms with van der Waals surface area (Å²) in [5.41, 5.74) is 3.24. The highest BCUT2D eigenvalue weighted by Gasteiger charge is 2.20. The molecule has 21 heavy (non-hydrogen) atoms. The van der Waals surface area contributed by atoms with Gasteiger partial charge in [-0.3, -0.25) is 0 Å². The summed E-state index contributed by atoms with van der Waals surface area (Å²) in [4.78, 5) is 0. The van der Waals surface area contributed by atoms with Crippen molar-refractivity contribution in [2.75, 3.05) is 0 Å². The van der Waals surface area contributed by atoms with Crippen LogP contribution < -0.4 is 10.1 Å². The molecule has 0 unspecified atom stereocenters. The molecule has 0 aliphatic heterocycles. The number of aryl methyl sites for hydroxylation is 2. The first-order valence-corrected chi connectivity index (χ1v) is 7.39. The van der Waals surface area contributed by atoms with Crippen molar-refractivity contribution in [3.05, 3.63) is 58.9 Å². The second-order valence-electron chi connectivity index (χ2n) is 5.77. The SMILES string of the molecule is Cc1cc(CNC2CC2)ccc1Oc1cc(F)ccc1C. The summed E-state index contributed by atoms with van der Waals surface area (Å²) in [7, 11) is 0. The van der Waals surface area contributed by atoms with E-state index in [1.807, 2.05) is 19.9 Å². The van der Waals surface area contributed by atoms with Crippen LogP contribution in [0.2, 0.25) is 0 Å². The first kappa shape index (κ1) is 14.1. The first-order chi connectivity index (χ1) is 10.1. The molecule has 1 N–H and O–H groups in total. The molecule has 110 valence electrons. The maximum absolute atomic E-state index is 13.3. The maximum atomic E-state index is 13.3. The van der Waals surface area contributed by atoms with Crippen molar-refractivity contribution >= 4 is 0 Å². The van der Waals surface area contributed by atoms with Crippen molar-refractivity contribution in [2.45, 2.75) is 39.3 Å². The number of rotatable bonds is 5. The fourth-order valence-electron chi connectivity index (χ4n) is 2.29. The van der Waals surface area contributed by atoms with Crippen LogP contribution >= 0.6 is 0 Å². The highest BCUT2D eigenvalue weighted by molar-refractivity contribution is 5.42. The lowest BCUT2D eigenvalue weighted by atomic mass is 10.1. The van der Waals surface area contributed by atoms with Crippen LogP contribution in [0.1, 0.15) is 29.5 Å². The number of hydrogen-bond donors (Lipinski definition) is 1. The Labute approximate surface area is 125 Å².